The lowest BCUT2D eigenvalue weighted by Gasteiger charge is -2.14. The Labute approximate surface area is 147 Å². The summed E-state index contributed by atoms with van der Waals surface area (Å²) in [5, 5.41) is 11.8. The van der Waals surface area contributed by atoms with Crippen molar-refractivity contribution in [2.75, 3.05) is 0 Å². The van der Waals surface area contributed by atoms with Crippen molar-refractivity contribution in [1.29, 1.82) is 0 Å². The predicted molar refractivity (Wildman–Crippen MR) is 92.7 cm³/mol. The zero-order valence-electron chi connectivity index (χ0n) is 14.4. The normalized spacial score (nSPS) is 21.7. The van der Waals surface area contributed by atoms with Gasteiger partial charge in [0.15, 0.2) is 0 Å². The maximum Gasteiger partial charge on any atom is 0.306 e. The van der Waals surface area contributed by atoms with Gasteiger partial charge in [0.1, 0.15) is 0 Å². The first-order valence-corrected chi connectivity index (χ1v) is 9.87. The maximum absolute atomic E-state index is 12.2. The number of aliphatic carboxylic acids is 1. The molecule has 0 aliphatic heterocycles. The van der Waals surface area contributed by atoms with Gasteiger partial charge in [-0.15, -0.1) is 0 Å². The summed E-state index contributed by atoms with van der Waals surface area (Å²) < 4.78 is 26.9. The summed E-state index contributed by atoms with van der Waals surface area (Å²) in [6, 6.07) is 5.39. The second kappa shape index (κ2) is 7.97. The van der Waals surface area contributed by atoms with Gasteiger partial charge in [-0.25, -0.2) is 13.1 Å². The number of carbonyl (C=O) groups is 2. The molecule has 25 heavy (non-hydrogen) atoms. The zero-order valence-corrected chi connectivity index (χ0v) is 15.2. The van der Waals surface area contributed by atoms with E-state index in [0.717, 1.165) is 0 Å². The van der Waals surface area contributed by atoms with E-state index in [2.05, 4.69) is 10.0 Å². The number of nitrogens with one attached hydrogen (secondary N) is 2. The molecule has 2 rings (SSSR count). The molecule has 3 atom stereocenters. The number of carbonyl (C=O) groups excluding carboxylic acids is 1. The van der Waals surface area contributed by atoms with Crippen molar-refractivity contribution in [2.45, 2.75) is 56.5 Å². The minimum atomic E-state index is -3.60. The van der Waals surface area contributed by atoms with E-state index in [1.54, 1.807) is 6.92 Å². The van der Waals surface area contributed by atoms with Crippen LogP contribution in [0.4, 0.5) is 0 Å². The number of rotatable bonds is 7. The first kappa shape index (κ1) is 19.4. The first-order chi connectivity index (χ1) is 11.7. The van der Waals surface area contributed by atoms with Gasteiger partial charge in [-0.1, -0.05) is 6.92 Å². The summed E-state index contributed by atoms with van der Waals surface area (Å²) in [7, 11) is -3.60. The van der Waals surface area contributed by atoms with Crippen LogP contribution >= 0.6 is 0 Å². The molecular weight excluding hydrogens is 344 g/mol. The number of hydrogen-bond donors (Lipinski definition) is 3. The highest BCUT2D eigenvalue weighted by Crippen LogP contribution is 2.26. The van der Waals surface area contributed by atoms with Gasteiger partial charge in [-0.3, -0.25) is 9.59 Å². The molecule has 1 aromatic rings. The quantitative estimate of drug-likeness (QED) is 0.679. The number of benzene rings is 1. The van der Waals surface area contributed by atoms with E-state index >= 15 is 0 Å². The lowest BCUT2D eigenvalue weighted by molar-refractivity contribution is -0.141. The van der Waals surface area contributed by atoms with Crippen LogP contribution < -0.4 is 10.0 Å². The van der Waals surface area contributed by atoms with E-state index in [1.165, 1.54) is 24.3 Å². The van der Waals surface area contributed by atoms with Gasteiger partial charge in [0.25, 0.3) is 5.91 Å². The summed E-state index contributed by atoms with van der Waals surface area (Å²) in [5.74, 6) is -1.57. The molecule has 1 aromatic carbocycles. The molecule has 1 aliphatic rings. The summed E-state index contributed by atoms with van der Waals surface area (Å²) >= 11 is 0. The average Bonchev–Trinajstić information content (AvgIpc) is 3.03. The molecule has 0 radical (unpaired) electrons. The van der Waals surface area contributed by atoms with E-state index < -0.39 is 21.9 Å². The number of hydrogen-bond acceptors (Lipinski definition) is 4. The third kappa shape index (κ3) is 5.02. The van der Waals surface area contributed by atoms with Gasteiger partial charge < -0.3 is 10.4 Å². The monoisotopic (exact) mass is 368 g/mol. The lowest BCUT2D eigenvalue weighted by Crippen LogP contribution is -2.33. The van der Waals surface area contributed by atoms with Gasteiger partial charge in [0, 0.05) is 17.6 Å². The SMILES string of the molecule is CCC(C)NS(=O)(=O)c1ccc(C(=O)N[C@H]2CC[C@@H](C(=O)O)C2)cc1. The van der Waals surface area contributed by atoms with Gasteiger partial charge in [0.05, 0.1) is 10.8 Å². The second-order valence-electron chi connectivity index (χ2n) is 6.47. The van der Waals surface area contributed by atoms with Crippen LogP contribution in [0.1, 0.15) is 49.9 Å². The minimum absolute atomic E-state index is 0.108. The van der Waals surface area contributed by atoms with Crippen LogP contribution in [0, 0.1) is 5.92 Å². The fourth-order valence-electron chi connectivity index (χ4n) is 2.81. The highest BCUT2D eigenvalue weighted by Gasteiger charge is 2.30. The molecule has 0 aromatic heterocycles. The standard InChI is InChI=1S/C17H24N2O5S/c1-3-11(2)19-25(23,24)15-8-5-12(6-9-15)16(20)18-14-7-4-13(10-14)17(21)22/h5-6,8-9,11,13-14,19H,3-4,7,10H2,1-2H3,(H,18,20)(H,21,22)/t11?,13-,14+/m1/s1. The van der Waals surface area contributed by atoms with Gasteiger partial charge in [-0.2, -0.15) is 0 Å². The van der Waals surface area contributed by atoms with Crippen LogP contribution in [-0.4, -0.2) is 37.5 Å². The van der Waals surface area contributed by atoms with E-state index in [9.17, 15) is 18.0 Å². The minimum Gasteiger partial charge on any atom is -0.481 e. The third-order valence-electron chi connectivity index (χ3n) is 4.51. The highest BCUT2D eigenvalue weighted by atomic mass is 32.2. The molecule has 7 nitrogen and oxygen atoms in total. The van der Waals surface area contributed by atoms with Crippen LogP contribution in [0.5, 0.6) is 0 Å². The van der Waals surface area contributed by atoms with Crippen LogP contribution in [0.3, 0.4) is 0 Å². The van der Waals surface area contributed by atoms with Crippen molar-refractivity contribution >= 4 is 21.9 Å². The molecule has 1 aliphatic carbocycles. The molecule has 1 saturated carbocycles. The predicted octanol–water partition coefficient (Wildman–Crippen LogP) is 1.75. The Balaban J connectivity index is 2.00. The largest absolute Gasteiger partial charge is 0.481 e. The molecule has 1 fully saturated rings. The molecule has 8 heteroatoms. The number of amides is 1. The topological polar surface area (TPSA) is 113 Å². The van der Waals surface area contributed by atoms with Crippen molar-refractivity contribution in [3.05, 3.63) is 29.8 Å². The first-order valence-electron chi connectivity index (χ1n) is 8.39. The van der Waals surface area contributed by atoms with E-state index in [-0.39, 0.29) is 22.9 Å². The second-order valence-corrected chi connectivity index (χ2v) is 8.19. The highest BCUT2D eigenvalue weighted by molar-refractivity contribution is 7.89. The molecule has 138 valence electrons. The van der Waals surface area contributed by atoms with Crippen molar-refractivity contribution in [3.63, 3.8) is 0 Å². The number of sulfonamides is 1. The Hall–Kier alpha value is -1.93. The molecule has 0 heterocycles. The number of carboxylic acid groups (broad SMARTS) is 1. The molecule has 1 amide bonds. The Morgan fingerprint density at radius 1 is 1.24 bits per heavy atom. The van der Waals surface area contributed by atoms with Crippen molar-refractivity contribution in [3.8, 4) is 0 Å². The molecule has 1 unspecified atom stereocenters. The Bertz CT molecular complexity index is 730. The van der Waals surface area contributed by atoms with Crippen LogP contribution in [0.2, 0.25) is 0 Å². The molecular formula is C17H24N2O5S. The lowest BCUT2D eigenvalue weighted by atomic mass is 10.1. The average molecular weight is 368 g/mol. The number of carboxylic acids is 1. The summed E-state index contributed by atoms with van der Waals surface area (Å²) in [5.41, 5.74) is 0.348. The van der Waals surface area contributed by atoms with Crippen LogP contribution in [-0.2, 0) is 14.8 Å². The van der Waals surface area contributed by atoms with E-state index in [1.807, 2.05) is 6.92 Å². The Morgan fingerprint density at radius 2 is 1.88 bits per heavy atom. The van der Waals surface area contributed by atoms with Crippen molar-refractivity contribution in [2.24, 2.45) is 5.92 Å². The summed E-state index contributed by atoms with van der Waals surface area (Å²) in [4.78, 5) is 23.3. The van der Waals surface area contributed by atoms with Gasteiger partial charge in [0.2, 0.25) is 10.0 Å². The molecule has 3 N–H and O–H groups in total. The Morgan fingerprint density at radius 3 is 2.40 bits per heavy atom. The van der Waals surface area contributed by atoms with Gasteiger partial charge in [-0.05, 0) is 56.9 Å². The van der Waals surface area contributed by atoms with E-state index in [4.69, 9.17) is 5.11 Å². The fourth-order valence-corrected chi connectivity index (χ4v) is 4.13. The fraction of sp³-hybridized carbons (Fsp3) is 0.529. The third-order valence-corrected chi connectivity index (χ3v) is 6.12. The van der Waals surface area contributed by atoms with Crippen molar-refractivity contribution < 1.29 is 23.1 Å². The van der Waals surface area contributed by atoms with Crippen LogP contribution in [0.25, 0.3) is 0 Å². The van der Waals surface area contributed by atoms with Crippen molar-refractivity contribution in [1.82, 2.24) is 10.0 Å². The smallest absolute Gasteiger partial charge is 0.306 e. The zero-order chi connectivity index (χ0) is 18.6. The molecule has 0 saturated heterocycles. The molecule has 0 bridgehead atoms. The summed E-state index contributed by atoms with van der Waals surface area (Å²) in [6.07, 6.45) is 2.29. The van der Waals surface area contributed by atoms with E-state index in [0.29, 0.717) is 31.2 Å². The Kier molecular flexibility index (Phi) is 6.18. The van der Waals surface area contributed by atoms with Crippen LogP contribution in [0.15, 0.2) is 29.2 Å². The molecule has 0 spiro atoms. The summed E-state index contributed by atoms with van der Waals surface area (Å²) in [6.45, 7) is 3.67. The van der Waals surface area contributed by atoms with Gasteiger partial charge >= 0.3 is 5.97 Å². The maximum atomic E-state index is 12.2.